The van der Waals surface area contributed by atoms with Crippen molar-refractivity contribution in [2.75, 3.05) is 25.1 Å². The first-order chi connectivity index (χ1) is 12.7. The first kappa shape index (κ1) is 22.9. The van der Waals surface area contributed by atoms with Crippen molar-refractivity contribution in [3.63, 3.8) is 0 Å². The van der Waals surface area contributed by atoms with Gasteiger partial charge in [0.2, 0.25) is 0 Å². The van der Waals surface area contributed by atoms with Crippen LogP contribution in [0.15, 0.2) is 24.5 Å². The molecule has 1 saturated carbocycles. The molecule has 0 spiro atoms. The molecule has 0 radical (unpaired) electrons. The first-order valence-corrected chi connectivity index (χ1v) is 9.56. The third kappa shape index (κ3) is 5.35. The summed E-state index contributed by atoms with van der Waals surface area (Å²) < 4.78 is 7.32. The van der Waals surface area contributed by atoms with Gasteiger partial charge in [-0.25, -0.2) is 9.97 Å². The van der Waals surface area contributed by atoms with Crippen LogP contribution in [0.1, 0.15) is 43.1 Å². The molecule has 0 atom stereocenters. The third-order valence-corrected chi connectivity index (χ3v) is 5.59. The van der Waals surface area contributed by atoms with E-state index in [2.05, 4.69) is 16.1 Å². The van der Waals surface area contributed by atoms with Gasteiger partial charge < -0.3 is 15.4 Å². The second-order valence-corrected chi connectivity index (χ2v) is 7.59. The normalized spacial score (nSPS) is 22.1. The zero-order valence-corrected chi connectivity index (χ0v) is 17.9. The number of nitrogens with two attached hydrogens (primary N) is 1. The molecule has 2 aromatic rings. The van der Waals surface area contributed by atoms with Crippen molar-refractivity contribution >= 4 is 30.6 Å². The van der Waals surface area contributed by atoms with Gasteiger partial charge in [-0.1, -0.05) is 0 Å². The molecule has 0 aromatic carbocycles. The Hall–Kier alpha value is -1.41. The van der Waals surface area contributed by atoms with Crippen molar-refractivity contribution in [1.82, 2.24) is 19.7 Å². The van der Waals surface area contributed by atoms with E-state index in [0.717, 1.165) is 62.7 Å². The molecule has 7 nitrogen and oxygen atoms in total. The average Bonchev–Trinajstić information content (AvgIpc) is 3.13. The zero-order valence-electron chi connectivity index (χ0n) is 16.2. The molecule has 2 aliphatic rings. The van der Waals surface area contributed by atoms with Crippen LogP contribution in [0.2, 0.25) is 0 Å². The minimum Gasteiger partial charge on any atom is -0.377 e. The fourth-order valence-electron chi connectivity index (χ4n) is 3.99. The van der Waals surface area contributed by atoms with E-state index in [4.69, 9.17) is 20.4 Å². The Morgan fingerprint density at radius 2 is 1.93 bits per heavy atom. The Labute approximate surface area is 178 Å². The fourth-order valence-corrected chi connectivity index (χ4v) is 3.99. The molecule has 1 saturated heterocycles. The average molecular weight is 429 g/mol. The van der Waals surface area contributed by atoms with Gasteiger partial charge in [0.25, 0.3) is 0 Å². The molecule has 4 rings (SSSR count). The van der Waals surface area contributed by atoms with Crippen LogP contribution in [0.3, 0.4) is 0 Å². The van der Waals surface area contributed by atoms with Gasteiger partial charge in [0, 0.05) is 62.9 Å². The summed E-state index contributed by atoms with van der Waals surface area (Å²) >= 11 is 0. The zero-order chi connectivity index (χ0) is 17.9. The number of methoxy groups -OCH3 is 1. The second kappa shape index (κ2) is 10.4. The molecule has 3 heterocycles. The van der Waals surface area contributed by atoms with Gasteiger partial charge in [0.1, 0.15) is 12.4 Å². The maximum Gasteiger partial charge on any atom is 0.156 e. The molecule has 2 aromatic heterocycles. The molecule has 0 amide bonds. The van der Waals surface area contributed by atoms with E-state index in [1.165, 1.54) is 0 Å². The molecule has 0 bridgehead atoms. The van der Waals surface area contributed by atoms with Gasteiger partial charge in [0.15, 0.2) is 5.82 Å². The summed E-state index contributed by atoms with van der Waals surface area (Å²) in [4.78, 5) is 11.8. The highest BCUT2D eigenvalue weighted by atomic mass is 35.5. The van der Waals surface area contributed by atoms with E-state index in [9.17, 15) is 0 Å². The summed E-state index contributed by atoms with van der Waals surface area (Å²) in [5.74, 6) is 2.97. The first-order valence-electron chi connectivity index (χ1n) is 9.56. The van der Waals surface area contributed by atoms with Gasteiger partial charge in [-0.2, -0.15) is 5.10 Å². The lowest BCUT2D eigenvalue weighted by atomic mass is 9.78. The molecule has 28 heavy (non-hydrogen) atoms. The van der Waals surface area contributed by atoms with Crippen LogP contribution in [-0.2, 0) is 17.9 Å². The minimum atomic E-state index is 0. The Balaban J connectivity index is 0.00000140. The monoisotopic (exact) mass is 428 g/mol. The molecule has 2 fully saturated rings. The number of nitrogens with zero attached hydrogens (tertiary/aromatic N) is 5. The number of halogens is 2. The van der Waals surface area contributed by atoms with Crippen LogP contribution in [0.5, 0.6) is 0 Å². The molecule has 156 valence electrons. The summed E-state index contributed by atoms with van der Waals surface area (Å²) in [6, 6.07) is 4.48. The van der Waals surface area contributed by atoms with E-state index >= 15 is 0 Å². The Morgan fingerprint density at radius 3 is 2.54 bits per heavy atom. The van der Waals surface area contributed by atoms with Crippen LogP contribution >= 0.6 is 24.8 Å². The van der Waals surface area contributed by atoms with Crippen molar-refractivity contribution in [2.24, 2.45) is 11.7 Å². The number of hydrogen-bond donors (Lipinski definition) is 1. The maximum absolute atomic E-state index is 5.97. The van der Waals surface area contributed by atoms with Gasteiger partial charge >= 0.3 is 0 Å². The lowest BCUT2D eigenvalue weighted by Crippen LogP contribution is -2.37. The molecule has 1 aliphatic heterocycles. The van der Waals surface area contributed by atoms with E-state index in [0.29, 0.717) is 24.5 Å². The fraction of sp³-hybridized carbons (Fsp3) is 0.632. The van der Waals surface area contributed by atoms with E-state index < -0.39 is 0 Å². The van der Waals surface area contributed by atoms with Crippen molar-refractivity contribution in [2.45, 2.75) is 50.8 Å². The highest BCUT2D eigenvalue weighted by Crippen LogP contribution is 2.36. The van der Waals surface area contributed by atoms with Gasteiger partial charge in [-0.3, -0.25) is 4.68 Å². The summed E-state index contributed by atoms with van der Waals surface area (Å²) in [7, 11) is 1.69. The lowest BCUT2D eigenvalue weighted by molar-refractivity contribution is 0.177. The van der Waals surface area contributed by atoms with E-state index in [1.54, 1.807) is 7.11 Å². The number of rotatable bonds is 6. The van der Waals surface area contributed by atoms with Crippen molar-refractivity contribution in [3.05, 3.63) is 36.0 Å². The quantitative estimate of drug-likeness (QED) is 0.761. The van der Waals surface area contributed by atoms with Crippen molar-refractivity contribution in [1.29, 1.82) is 0 Å². The summed E-state index contributed by atoms with van der Waals surface area (Å²) in [5, 5.41) is 4.33. The largest absolute Gasteiger partial charge is 0.377 e. The molecular formula is C19H30Cl2N6O. The number of hydrogen-bond acceptors (Lipinski definition) is 6. The second-order valence-electron chi connectivity index (χ2n) is 7.59. The number of ether oxygens (including phenoxy) is 1. The number of anilines is 1. The minimum absolute atomic E-state index is 0. The standard InChI is InChI=1S/C19H28N6O.2ClH/c1-26-13-18-22-17(15-9-16(20)10-15)11-19(23-18)24-7-3-14(4-8-24)12-25-6-2-5-21-25;;/h2,5-6,11,14-16H,3-4,7-10,12-13,20H2,1H3;2*1H. The molecule has 0 unspecified atom stereocenters. The summed E-state index contributed by atoms with van der Waals surface area (Å²) in [5.41, 5.74) is 7.10. The summed E-state index contributed by atoms with van der Waals surface area (Å²) in [6.07, 6.45) is 8.26. The number of piperidine rings is 1. The van der Waals surface area contributed by atoms with Crippen LogP contribution < -0.4 is 10.6 Å². The number of aromatic nitrogens is 4. The van der Waals surface area contributed by atoms with Crippen molar-refractivity contribution < 1.29 is 4.74 Å². The smallest absolute Gasteiger partial charge is 0.156 e. The molecule has 9 heteroatoms. The van der Waals surface area contributed by atoms with E-state index in [-0.39, 0.29) is 24.8 Å². The highest BCUT2D eigenvalue weighted by molar-refractivity contribution is 5.85. The maximum atomic E-state index is 5.97. The lowest BCUT2D eigenvalue weighted by Gasteiger charge is -2.35. The molecule has 2 N–H and O–H groups in total. The predicted octanol–water partition coefficient (Wildman–Crippen LogP) is 2.78. The van der Waals surface area contributed by atoms with Gasteiger partial charge in [-0.05, 0) is 37.7 Å². The Bertz CT molecular complexity index is 715. The summed E-state index contributed by atoms with van der Waals surface area (Å²) in [6.45, 7) is 3.51. The molecular weight excluding hydrogens is 399 g/mol. The Kier molecular flexibility index (Phi) is 8.49. The van der Waals surface area contributed by atoms with E-state index in [1.807, 2.05) is 23.1 Å². The third-order valence-electron chi connectivity index (χ3n) is 5.59. The van der Waals surface area contributed by atoms with Gasteiger partial charge in [-0.15, -0.1) is 24.8 Å². The van der Waals surface area contributed by atoms with Crippen LogP contribution in [0, 0.1) is 5.92 Å². The Morgan fingerprint density at radius 1 is 1.18 bits per heavy atom. The van der Waals surface area contributed by atoms with Crippen LogP contribution in [0.25, 0.3) is 0 Å². The van der Waals surface area contributed by atoms with Crippen LogP contribution in [-0.4, -0.2) is 46.0 Å². The van der Waals surface area contributed by atoms with Crippen LogP contribution in [0.4, 0.5) is 5.82 Å². The van der Waals surface area contributed by atoms with Gasteiger partial charge in [0.05, 0.1) is 0 Å². The topological polar surface area (TPSA) is 82.1 Å². The highest BCUT2D eigenvalue weighted by Gasteiger charge is 2.30. The predicted molar refractivity (Wildman–Crippen MR) is 114 cm³/mol. The SMILES string of the molecule is COCc1nc(C2CC(N)C2)cc(N2CCC(Cn3cccn3)CC2)n1.Cl.Cl. The van der Waals surface area contributed by atoms with Crippen molar-refractivity contribution in [3.8, 4) is 0 Å². The molecule has 1 aliphatic carbocycles.